The average Bonchev–Trinajstić information content (AvgIpc) is 3.33. The lowest BCUT2D eigenvalue weighted by atomic mass is 10.3. The van der Waals surface area contributed by atoms with Crippen molar-refractivity contribution in [1.82, 2.24) is 25.0 Å². The number of nitrogens with zero attached hydrogens (tertiary/aromatic N) is 6. The molecule has 1 aliphatic heterocycles. The third kappa shape index (κ3) is 6.08. The Morgan fingerprint density at radius 3 is 2.54 bits per heavy atom. The first-order chi connectivity index (χ1) is 13.1. The fraction of sp³-hybridized carbons (Fsp3) is 0.550. The van der Waals surface area contributed by atoms with Crippen LogP contribution in [-0.4, -0.2) is 58.9 Å². The first-order valence-electron chi connectivity index (χ1n) is 9.79. The van der Waals surface area contributed by atoms with Crippen molar-refractivity contribution in [1.29, 1.82) is 0 Å². The van der Waals surface area contributed by atoms with Crippen LogP contribution >= 0.6 is 24.0 Å². The maximum Gasteiger partial charge on any atom is 0.194 e. The molecule has 0 spiro atoms. The molecule has 0 saturated carbocycles. The van der Waals surface area contributed by atoms with E-state index >= 15 is 0 Å². The summed E-state index contributed by atoms with van der Waals surface area (Å²) in [5, 5.41) is 11.9. The summed E-state index contributed by atoms with van der Waals surface area (Å²) in [6, 6.07) is 10.5. The molecule has 1 fully saturated rings. The highest BCUT2D eigenvalue weighted by molar-refractivity contribution is 14.0. The molecule has 3 rings (SSSR count). The zero-order valence-corrected chi connectivity index (χ0v) is 19.5. The molecule has 1 aromatic carbocycles. The van der Waals surface area contributed by atoms with Crippen LogP contribution in [0.15, 0.2) is 35.3 Å². The van der Waals surface area contributed by atoms with Crippen molar-refractivity contribution < 1.29 is 0 Å². The number of halogens is 1. The van der Waals surface area contributed by atoms with Gasteiger partial charge in [0.15, 0.2) is 11.8 Å². The molecule has 0 amide bonds. The standard InChI is InChI=1S/C20H31N7.HI/c1-17-23-24-19(26(17)3)16-22-20(27-14-7-8-15-27)21-12-9-13-25(2)18-10-5-4-6-11-18;/h4-6,10-11H,7-9,12-16H2,1-3H3,(H,21,22);1H. The molecule has 1 aliphatic rings. The second-order valence-electron chi connectivity index (χ2n) is 7.09. The molecule has 7 nitrogen and oxygen atoms in total. The number of guanidine groups is 1. The second-order valence-corrected chi connectivity index (χ2v) is 7.09. The summed E-state index contributed by atoms with van der Waals surface area (Å²) in [6.07, 6.45) is 3.53. The van der Waals surface area contributed by atoms with Crippen molar-refractivity contribution in [2.24, 2.45) is 12.0 Å². The Labute approximate surface area is 185 Å². The molecule has 1 N–H and O–H groups in total. The lowest BCUT2D eigenvalue weighted by Gasteiger charge is -2.23. The smallest absolute Gasteiger partial charge is 0.194 e. The molecule has 154 valence electrons. The number of benzene rings is 1. The predicted octanol–water partition coefficient (Wildman–Crippen LogP) is 2.81. The predicted molar refractivity (Wildman–Crippen MR) is 125 cm³/mol. The number of anilines is 1. The van der Waals surface area contributed by atoms with E-state index in [1.54, 1.807) is 0 Å². The van der Waals surface area contributed by atoms with Gasteiger partial charge in [-0.1, -0.05) is 18.2 Å². The van der Waals surface area contributed by atoms with E-state index in [4.69, 9.17) is 4.99 Å². The lowest BCUT2D eigenvalue weighted by molar-refractivity contribution is 0.489. The van der Waals surface area contributed by atoms with Crippen LogP contribution in [0.2, 0.25) is 0 Å². The first-order valence-corrected chi connectivity index (χ1v) is 9.79. The number of aryl methyl sites for hydroxylation is 1. The Morgan fingerprint density at radius 2 is 1.89 bits per heavy atom. The topological polar surface area (TPSA) is 61.6 Å². The molecule has 0 unspecified atom stereocenters. The summed E-state index contributed by atoms with van der Waals surface area (Å²) in [5.74, 6) is 2.81. The van der Waals surface area contributed by atoms with E-state index in [1.807, 2.05) is 18.5 Å². The molecule has 0 aliphatic carbocycles. The maximum atomic E-state index is 4.82. The fourth-order valence-corrected chi connectivity index (χ4v) is 3.26. The van der Waals surface area contributed by atoms with Crippen LogP contribution in [0.1, 0.15) is 30.9 Å². The van der Waals surface area contributed by atoms with Gasteiger partial charge in [0.1, 0.15) is 12.4 Å². The van der Waals surface area contributed by atoms with Gasteiger partial charge in [-0.2, -0.15) is 0 Å². The molecule has 1 saturated heterocycles. The number of likely N-dealkylation sites (tertiary alicyclic amines) is 1. The highest BCUT2D eigenvalue weighted by Crippen LogP contribution is 2.11. The molecular weight excluding hydrogens is 465 g/mol. The van der Waals surface area contributed by atoms with Gasteiger partial charge in [0.05, 0.1) is 0 Å². The minimum Gasteiger partial charge on any atom is -0.375 e. The Balaban J connectivity index is 0.00000280. The van der Waals surface area contributed by atoms with Crippen LogP contribution < -0.4 is 10.2 Å². The van der Waals surface area contributed by atoms with E-state index < -0.39 is 0 Å². The molecule has 0 radical (unpaired) electrons. The van der Waals surface area contributed by atoms with Crippen LogP contribution in [0.3, 0.4) is 0 Å². The summed E-state index contributed by atoms with van der Waals surface area (Å²) in [7, 11) is 4.13. The van der Waals surface area contributed by atoms with Gasteiger partial charge in [-0.15, -0.1) is 34.2 Å². The highest BCUT2D eigenvalue weighted by atomic mass is 127. The van der Waals surface area contributed by atoms with Gasteiger partial charge in [0.2, 0.25) is 0 Å². The Hall–Kier alpha value is -1.84. The van der Waals surface area contributed by atoms with Crippen molar-refractivity contribution in [2.45, 2.75) is 32.7 Å². The van der Waals surface area contributed by atoms with E-state index in [-0.39, 0.29) is 24.0 Å². The largest absolute Gasteiger partial charge is 0.375 e. The number of aliphatic imine (C=N–C) groups is 1. The summed E-state index contributed by atoms with van der Waals surface area (Å²) in [5.41, 5.74) is 1.25. The van der Waals surface area contributed by atoms with E-state index in [0.29, 0.717) is 6.54 Å². The maximum absolute atomic E-state index is 4.82. The van der Waals surface area contributed by atoms with E-state index in [1.165, 1.54) is 18.5 Å². The monoisotopic (exact) mass is 497 g/mol. The van der Waals surface area contributed by atoms with Gasteiger partial charge in [-0.05, 0) is 38.3 Å². The number of para-hydroxylation sites is 1. The molecule has 2 aromatic rings. The number of hydrogen-bond donors (Lipinski definition) is 1. The number of aromatic nitrogens is 3. The van der Waals surface area contributed by atoms with Gasteiger partial charge in [-0.3, -0.25) is 0 Å². The Bertz CT molecular complexity index is 738. The van der Waals surface area contributed by atoms with Crippen molar-refractivity contribution >= 4 is 35.6 Å². The van der Waals surface area contributed by atoms with Crippen LogP contribution in [0, 0.1) is 6.92 Å². The van der Waals surface area contributed by atoms with Gasteiger partial charge in [-0.25, -0.2) is 4.99 Å². The quantitative estimate of drug-likeness (QED) is 0.276. The van der Waals surface area contributed by atoms with Gasteiger partial charge in [0, 0.05) is 46.0 Å². The van der Waals surface area contributed by atoms with Crippen LogP contribution in [-0.2, 0) is 13.6 Å². The van der Waals surface area contributed by atoms with Gasteiger partial charge in [0.25, 0.3) is 0 Å². The summed E-state index contributed by atoms with van der Waals surface area (Å²) < 4.78 is 2.00. The summed E-state index contributed by atoms with van der Waals surface area (Å²) in [6.45, 7) is 6.58. The van der Waals surface area contributed by atoms with E-state index in [2.05, 4.69) is 62.7 Å². The fourth-order valence-electron chi connectivity index (χ4n) is 3.26. The van der Waals surface area contributed by atoms with Gasteiger partial charge < -0.3 is 19.7 Å². The average molecular weight is 497 g/mol. The van der Waals surface area contributed by atoms with Crippen LogP contribution in [0.25, 0.3) is 0 Å². The van der Waals surface area contributed by atoms with Crippen molar-refractivity contribution in [3.8, 4) is 0 Å². The molecule has 0 bridgehead atoms. The molecular formula is C20H32IN7. The zero-order chi connectivity index (χ0) is 19.1. The minimum atomic E-state index is 0. The molecule has 0 atom stereocenters. The van der Waals surface area contributed by atoms with Crippen molar-refractivity contribution in [2.75, 3.05) is 38.1 Å². The second kappa shape index (κ2) is 11.2. The van der Waals surface area contributed by atoms with Crippen molar-refractivity contribution in [3.63, 3.8) is 0 Å². The third-order valence-electron chi connectivity index (χ3n) is 5.11. The lowest BCUT2D eigenvalue weighted by Crippen LogP contribution is -2.40. The third-order valence-corrected chi connectivity index (χ3v) is 5.11. The van der Waals surface area contributed by atoms with Gasteiger partial charge >= 0.3 is 0 Å². The number of hydrogen-bond acceptors (Lipinski definition) is 4. The van der Waals surface area contributed by atoms with Crippen LogP contribution in [0.4, 0.5) is 5.69 Å². The molecule has 1 aromatic heterocycles. The van der Waals surface area contributed by atoms with Crippen LogP contribution in [0.5, 0.6) is 0 Å². The molecule has 8 heteroatoms. The number of rotatable bonds is 7. The highest BCUT2D eigenvalue weighted by Gasteiger charge is 2.16. The first kappa shape index (κ1) is 22.4. The van der Waals surface area contributed by atoms with E-state index in [0.717, 1.165) is 50.2 Å². The SMILES string of the molecule is Cc1nnc(CN=C(NCCCN(C)c2ccccc2)N2CCCC2)n1C.I. The summed E-state index contributed by atoms with van der Waals surface area (Å²) >= 11 is 0. The Kier molecular flexibility index (Phi) is 9.01. The number of nitrogens with one attached hydrogen (secondary N) is 1. The van der Waals surface area contributed by atoms with E-state index in [9.17, 15) is 0 Å². The minimum absolute atomic E-state index is 0. The molecule has 28 heavy (non-hydrogen) atoms. The Morgan fingerprint density at radius 1 is 1.18 bits per heavy atom. The zero-order valence-electron chi connectivity index (χ0n) is 17.1. The van der Waals surface area contributed by atoms with Crippen molar-refractivity contribution in [3.05, 3.63) is 42.0 Å². The summed E-state index contributed by atoms with van der Waals surface area (Å²) in [4.78, 5) is 9.46. The normalized spacial score (nSPS) is 14.1. The molecule has 2 heterocycles.